The van der Waals surface area contributed by atoms with E-state index in [2.05, 4.69) is 11.7 Å². The smallest absolute Gasteiger partial charge is 0.432 e. The molecule has 0 aromatic heterocycles. The number of alkyl halides is 5. The zero-order valence-electron chi connectivity index (χ0n) is 23.0. The summed E-state index contributed by atoms with van der Waals surface area (Å²) in [5.74, 6) is -3.26. The second-order valence-electron chi connectivity index (χ2n) is 12.9. The quantitative estimate of drug-likeness (QED) is 0.242. The fraction of sp³-hybridized carbons (Fsp3) is 0.852. The molecule has 0 aromatic rings. The maximum absolute atomic E-state index is 13.8. The summed E-state index contributed by atoms with van der Waals surface area (Å²) in [6, 6.07) is 0. The van der Waals surface area contributed by atoms with Crippen molar-refractivity contribution in [1.29, 1.82) is 0 Å². The van der Waals surface area contributed by atoms with Crippen LogP contribution in [0, 0.1) is 46.3 Å². The van der Waals surface area contributed by atoms with E-state index in [-0.39, 0.29) is 71.6 Å². The fourth-order valence-corrected chi connectivity index (χ4v) is 9.04. The topological polar surface area (TPSA) is 132 Å². The Bertz CT molecular complexity index is 1230. The van der Waals surface area contributed by atoms with Crippen molar-refractivity contribution in [2.75, 3.05) is 0 Å². The van der Waals surface area contributed by atoms with Gasteiger partial charge in [-0.2, -0.15) is 30.4 Å². The number of carbonyl (C=O) groups is 4. The Morgan fingerprint density at radius 2 is 1.68 bits per heavy atom. The summed E-state index contributed by atoms with van der Waals surface area (Å²) in [4.78, 5) is 51.5. The van der Waals surface area contributed by atoms with Crippen LogP contribution in [-0.4, -0.2) is 53.8 Å². The van der Waals surface area contributed by atoms with Gasteiger partial charge in [-0.15, -0.1) is 0 Å². The van der Waals surface area contributed by atoms with Gasteiger partial charge in [-0.3, -0.25) is 23.7 Å². The first-order valence-corrected chi connectivity index (χ1v) is 15.3. The van der Waals surface area contributed by atoms with E-state index in [0.29, 0.717) is 32.1 Å². The maximum Gasteiger partial charge on any atom is 0.432 e. The minimum Gasteiger partial charge on any atom is -0.445 e. The number of halogens is 5. The van der Waals surface area contributed by atoms with Gasteiger partial charge in [0.2, 0.25) is 0 Å². The predicted octanol–water partition coefficient (Wildman–Crippen LogP) is 4.94. The van der Waals surface area contributed by atoms with Crippen LogP contribution in [0.4, 0.5) is 22.0 Å². The minimum atomic E-state index is -6.54. The van der Waals surface area contributed by atoms with Crippen LogP contribution in [0.5, 0.6) is 0 Å². The van der Waals surface area contributed by atoms with Crippen molar-refractivity contribution in [2.24, 2.45) is 46.3 Å². The largest absolute Gasteiger partial charge is 0.445 e. The first-order chi connectivity index (χ1) is 18.7. The molecule has 14 heteroatoms. The number of rotatable bonds is 7. The van der Waals surface area contributed by atoms with E-state index >= 15 is 0 Å². The third-order valence-corrected chi connectivity index (χ3v) is 11.8. The van der Waals surface area contributed by atoms with Crippen LogP contribution < -0.4 is 0 Å². The van der Waals surface area contributed by atoms with Gasteiger partial charge in [-0.25, -0.2) is 0 Å². The molecule has 0 saturated heterocycles. The molecule has 0 bridgehead atoms. The Balaban J connectivity index is 1.47. The lowest BCUT2D eigenvalue weighted by molar-refractivity contribution is -0.259. The molecule has 4 aliphatic rings. The summed E-state index contributed by atoms with van der Waals surface area (Å²) in [5, 5.41) is -5.81. The molecule has 0 aromatic carbocycles. The van der Waals surface area contributed by atoms with Gasteiger partial charge in [-0.05, 0) is 60.7 Å². The molecule has 4 saturated carbocycles. The number of fused-ring (bicyclic) bond motifs is 5. The van der Waals surface area contributed by atoms with Crippen molar-refractivity contribution < 1.29 is 58.8 Å². The number of carbonyl (C=O) groups excluding carboxylic acids is 4. The molecule has 0 radical (unpaired) electrons. The highest BCUT2D eigenvalue weighted by atomic mass is 32.2. The van der Waals surface area contributed by atoms with Crippen LogP contribution in [0.25, 0.3) is 0 Å². The lowest BCUT2D eigenvalue weighted by Gasteiger charge is -2.58. The lowest BCUT2D eigenvalue weighted by atomic mass is 9.44. The van der Waals surface area contributed by atoms with Crippen molar-refractivity contribution in [2.45, 2.75) is 96.1 Å². The van der Waals surface area contributed by atoms with Crippen molar-refractivity contribution in [3.05, 3.63) is 0 Å². The molecule has 1 N–H and O–H groups in total. The normalized spacial score (nSPS) is 37.6. The van der Waals surface area contributed by atoms with E-state index in [0.717, 1.165) is 0 Å². The highest BCUT2D eigenvalue weighted by Gasteiger charge is 2.67. The van der Waals surface area contributed by atoms with Crippen LogP contribution in [0.1, 0.15) is 78.6 Å². The molecule has 4 aliphatic carbocycles. The molecular formula is C27H35F5O8S. The maximum atomic E-state index is 13.8. The van der Waals surface area contributed by atoms with Crippen molar-refractivity contribution in [1.82, 2.24) is 0 Å². The molecule has 9 atom stereocenters. The molecular weight excluding hydrogens is 579 g/mol. The van der Waals surface area contributed by atoms with Gasteiger partial charge in [-0.1, -0.05) is 20.8 Å². The molecule has 8 nitrogen and oxygen atoms in total. The summed E-state index contributed by atoms with van der Waals surface area (Å²) in [6.07, 6.45) is -8.36. The zero-order valence-corrected chi connectivity index (χ0v) is 23.8. The third kappa shape index (κ3) is 5.25. The van der Waals surface area contributed by atoms with Crippen molar-refractivity contribution >= 4 is 33.4 Å². The number of Topliss-reactive ketones (excluding diaryl/α,β-unsaturated/α-hetero) is 3. The van der Waals surface area contributed by atoms with E-state index in [1.165, 1.54) is 0 Å². The van der Waals surface area contributed by atoms with Crippen molar-refractivity contribution in [3.8, 4) is 0 Å². The van der Waals surface area contributed by atoms with Gasteiger partial charge in [0.05, 0.1) is 0 Å². The molecule has 4 rings (SSSR count). The number of esters is 1. The molecule has 0 heterocycles. The van der Waals surface area contributed by atoms with Gasteiger partial charge >= 0.3 is 27.5 Å². The van der Waals surface area contributed by atoms with Gasteiger partial charge in [0.1, 0.15) is 17.3 Å². The summed E-state index contributed by atoms with van der Waals surface area (Å²) in [6.45, 7) is 5.55. The summed E-state index contributed by atoms with van der Waals surface area (Å²) >= 11 is 0. The van der Waals surface area contributed by atoms with E-state index < -0.39 is 51.4 Å². The monoisotopic (exact) mass is 614 g/mol. The summed E-state index contributed by atoms with van der Waals surface area (Å²) in [5.41, 5.74) is -1.24. The number of hydrogen-bond donors (Lipinski definition) is 1. The van der Waals surface area contributed by atoms with Gasteiger partial charge in [0.25, 0.3) is 6.10 Å². The van der Waals surface area contributed by atoms with E-state index in [1.807, 2.05) is 0 Å². The highest BCUT2D eigenvalue weighted by molar-refractivity contribution is 7.86. The fourth-order valence-electron chi connectivity index (χ4n) is 8.59. The summed E-state index contributed by atoms with van der Waals surface area (Å²) in [7, 11) is -6.54. The van der Waals surface area contributed by atoms with Crippen molar-refractivity contribution in [3.63, 3.8) is 0 Å². The number of hydrogen-bond acceptors (Lipinski definition) is 7. The van der Waals surface area contributed by atoms with Gasteiger partial charge in [0, 0.05) is 43.4 Å². The first-order valence-electron chi connectivity index (χ1n) is 13.8. The molecule has 0 amide bonds. The number of ether oxygens (including phenoxy) is 1. The van der Waals surface area contributed by atoms with E-state index in [4.69, 9.17) is 4.55 Å². The standard InChI is InChI=1S/C27H35F5O8S/c1-13(4-7-21(36)40-23(26(28,29)30)27(31,32)41(37,38)39)16-5-6-17-22-18(12-20(35)25(16,17)3)24(2)9-8-15(33)10-14(24)11-19(22)34/h13-14,16-18,22-23H,4-12H2,1-3H3,(H,37,38,39)/t13?,14-,16+,17+,18+,22-,23?,24-,25+/m1/s1. The Kier molecular flexibility index (Phi) is 8.06. The molecule has 41 heavy (non-hydrogen) atoms. The second-order valence-corrected chi connectivity index (χ2v) is 14.4. The van der Waals surface area contributed by atoms with Crippen LogP contribution in [0.3, 0.4) is 0 Å². The van der Waals surface area contributed by atoms with Crippen LogP contribution >= 0.6 is 0 Å². The van der Waals surface area contributed by atoms with Gasteiger partial charge < -0.3 is 4.74 Å². The first kappa shape index (κ1) is 32.0. The Labute approximate surface area is 234 Å². The Morgan fingerprint density at radius 3 is 2.27 bits per heavy atom. The molecule has 0 spiro atoms. The van der Waals surface area contributed by atoms with E-state index in [1.54, 1.807) is 13.8 Å². The van der Waals surface area contributed by atoms with E-state index in [9.17, 15) is 49.5 Å². The zero-order chi connectivity index (χ0) is 30.9. The SMILES string of the molecule is CC(CCC(=O)OC(C(F)(F)F)C(F)(F)S(=O)(=O)O)[C@@H]1CC[C@H]2[C@H]3C(=O)C[C@H]4CC(=O)CC[C@@]4(C)[C@H]3CC(=O)[C@@]12C. The van der Waals surface area contributed by atoms with Crippen LogP contribution in [0.2, 0.25) is 0 Å². The average molecular weight is 615 g/mol. The average Bonchev–Trinajstić information content (AvgIpc) is 3.19. The summed E-state index contributed by atoms with van der Waals surface area (Å²) < 4.78 is 101. The lowest BCUT2D eigenvalue weighted by Crippen LogP contribution is -2.60. The number of ketones is 3. The highest BCUT2D eigenvalue weighted by Crippen LogP contribution is 2.66. The minimum absolute atomic E-state index is 0.0304. The Morgan fingerprint density at radius 1 is 1.05 bits per heavy atom. The third-order valence-electron chi connectivity index (χ3n) is 10.9. The second kappa shape index (κ2) is 10.3. The van der Waals surface area contributed by atoms with Crippen LogP contribution in [0.15, 0.2) is 0 Å². The molecule has 232 valence electrons. The Hall–Kier alpha value is -1.96. The van der Waals surface area contributed by atoms with Crippen LogP contribution in [-0.2, 0) is 34.0 Å². The molecule has 0 aliphatic heterocycles. The van der Waals surface area contributed by atoms with Gasteiger partial charge in [0.15, 0.2) is 0 Å². The predicted molar refractivity (Wildman–Crippen MR) is 132 cm³/mol. The molecule has 4 fully saturated rings. The molecule has 2 unspecified atom stereocenters.